The average molecular weight is 424 g/mol. The lowest BCUT2D eigenvalue weighted by molar-refractivity contribution is -0.143. The fraction of sp³-hybridized carbons (Fsp3) is 0.333. The van der Waals surface area contributed by atoms with Crippen molar-refractivity contribution in [2.24, 2.45) is 0 Å². The number of piperazine rings is 1. The fourth-order valence-electron chi connectivity index (χ4n) is 3.82. The van der Waals surface area contributed by atoms with Gasteiger partial charge in [-0.1, -0.05) is 29.4 Å². The Morgan fingerprint density at radius 1 is 1.13 bits per heavy atom. The molecule has 3 aromatic rings. The average Bonchev–Trinajstić information content (AvgIpc) is 3.46. The van der Waals surface area contributed by atoms with Crippen molar-refractivity contribution in [3.05, 3.63) is 58.8 Å². The van der Waals surface area contributed by atoms with Crippen molar-refractivity contribution in [3.8, 4) is 10.7 Å². The monoisotopic (exact) mass is 424 g/mol. The second-order valence-corrected chi connectivity index (χ2v) is 8.29. The Bertz CT molecular complexity index is 1060. The number of aromatic nitrogens is 2. The highest BCUT2D eigenvalue weighted by Gasteiger charge is 2.35. The summed E-state index contributed by atoms with van der Waals surface area (Å²) in [5.74, 6) is 0.617. The van der Waals surface area contributed by atoms with Crippen LogP contribution in [0.25, 0.3) is 10.7 Å². The molecule has 0 radical (unpaired) electrons. The molecule has 154 valence electrons. The molecule has 0 aliphatic carbocycles. The first kappa shape index (κ1) is 19.0. The lowest BCUT2D eigenvalue weighted by atomic mass is 9.98. The number of hydrogen-bond donors (Lipinski definition) is 0. The van der Waals surface area contributed by atoms with Crippen molar-refractivity contribution in [1.82, 2.24) is 19.9 Å². The second-order valence-electron chi connectivity index (χ2n) is 7.35. The summed E-state index contributed by atoms with van der Waals surface area (Å²) in [6.45, 7) is 3.08. The lowest BCUT2D eigenvalue weighted by Crippen LogP contribution is -2.52. The maximum Gasteiger partial charge on any atom is 0.339 e. The summed E-state index contributed by atoms with van der Waals surface area (Å²) in [4.78, 5) is 34.5. The van der Waals surface area contributed by atoms with Crippen molar-refractivity contribution in [2.45, 2.75) is 19.1 Å². The fourth-order valence-corrected chi connectivity index (χ4v) is 4.46. The molecule has 30 heavy (non-hydrogen) atoms. The number of hydrogen-bond acceptors (Lipinski definition) is 8. The van der Waals surface area contributed by atoms with Gasteiger partial charge in [0.1, 0.15) is 0 Å². The number of ether oxygens (including phenoxy) is 1. The number of benzene rings is 1. The van der Waals surface area contributed by atoms with Crippen LogP contribution in [0, 0.1) is 0 Å². The third-order valence-corrected chi connectivity index (χ3v) is 6.29. The van der Waals surface area contributed by atoms with Crippen molar-refractivity contribution in [1.29, 1.82) is 0 Å². The quantitative estimate of drug-likeness (QED) is 0.594. The molecule has 1 fully saturated rings. The summed E-state index contributed by atoms with van der Waals surface area (Å²) in [7, 11) is 0. The number of cyclic esters (lactones) is 1. The first-order valence-corrected chi connectivity index (χ1v) is 10.7. The molecule has 1 amide bonds. The molecule has 2 aliphatic heterocycles. The van der Waals surface area contributed by atoms with E-state index < -0.39 is 12.1 Å². The van der Waals surface area contributed by atoms with Gasteiger partial charge in [0.2, 0.25) is 11.7 Å². The van der Waals surface area contributed by atoms with Crippen LogP contribution in [-0.2, 0) is 22.5 Å². The van der Waals surface area contributed by atoms with E-state index in [0.717, 1.165) is 10.4 Å². The molecule has 1 saturated heterocycles. The van der Waals surface area contributed by atoms with Gasteiger partial charge in [-0.15, -0.1) is 11.3 Å². The number of fused-ring (bicyclic) bond motifs is 1. The Morgan fingerprint density at radius 3 is 2.77 bits per heavy atom. The van der Waals surface area contributed by atoms with Gasteiger partial charge in [0.15, 0.2) is 6.10 Å². The summed E-state index contributed by atoms with van der Waals surface area (Å²) >= 11 is 1.57. The largest absolute Gasteiger partial charge is 0.448 e. The van der Waals surface area contributed by atoms with E-state index in [1.54, 1.807) is 28.4 Å². The molecule has 0 N–H and O–H groups in total. The molecule has 0 saturated carbocycles. The minimum absolute atomic E-state index is 0.129. The number of carbonyl (C=O) groups excluding carboxylic acids is 2. The minimum Gasteiger partial charge on any atom is -0.448 e. The Labute approximate surface area is 177 Å². The summed E-state index contributed by atoms with van der Waals surface area (Å²) in [6, 6.07) is 11.2. The van der Waals surface area contributed by atoms with Gasteiger partial charge >= 0.3 is 5.97 Å². The predicted octanol–water partition coefficient (Wildman–Crippen LogP) is 2.22. The standard InChI is InChI=1S/C21H20N4O4S/c26-20(16-12-14-4-1-2-5-15(14)21(27)28-16)25-9-7-24(8-10-25)13-18-22-19(23-29-18)17-6-3-11-30-17/h1-6,11,16H,7-10,12-13H2. The maximum atomic E-state index is 12.9. The topological polar surface area (TPSA) is 88.8 Å². The number of carbonyl (C=O) groups is 2. The molecule has 0 bridgehead atoms. The summed E-state index contributed by atoms with van der Waals surface area (Å²) in [5, 5.41) is 6.01. The van der Waals surface area contributed by atoms with Gasteiger partial charge in [0, 0.05) is 32.6 Å². The number of nitrogens with zero attached hydrogens (tertiary/aromatic N) is 4. The Hall–Kier alpha value is -3.04. The van der Waals surface area contributed by atoms with E-state index >= 15 is 0 Å². The van der Waals surface area contributed by atoms with Crippen LogP contribution in [0.4, 0.5) is 0 Å². The summed E-state index contributed by atoms with van der Waals surface area (Å²) < 4.78 is 10.8. The predicted molar refractivity (Wildman–Crippen MR) is 109 cm³/mol. The molecule has 2 aromatic heterocycles. The van der Waals surface area contributed by atoms with E-state index in [0.29, 0.717) is 56.4 Å². The normalized spacial score (nSPS) is 19.4. The molecule has 1 aromatic carbocycles. The molecule has 8 nitrogen and oxygen atoms in total. The zero-order valence-electron chi connectivity index (χ0n) is 16.2. The van der Waals surface area contributed by atoms with Crippen molar-refractivity contribution >= 4 is 23.2 Å². The third-order valence-electron chi connectivity index (χ3n) is 5.42. The number of rotatable bonds is 4. The van der Waals surface area contributed by atoms with E-state index in [4.69, 9.17) is 9.26 Å². The van der Waals surface area contributed by atoms with Crippen LogP contribution in [0.5, 0.6) is 0 Å². The molecule has 1 atom stereocenters. The maximum absolute atomic E-state index is 12.9. The zero-order chi connectivity index (χ0) is 20.5. The first-order valence-electron chi connectivity index (χ1n) is 9.84. The van der Waals surface area contributed by atoms with Crippen LogP contribution >= 0.6 is 11.3 Å². The van der Waals surface area contributed by atoms with E-state index in [2.05, 4.69) is 15.0 Å². The SMILES string of the molecule is O=C1OC(C(=O)N2CCN(Cc3nc(-c4cccs4)no3)CC2)Cc2ccccc21. The van der Waals surface area contributed by atoms with Crippen LogP contribution in [0.2, 0.25) is 0 Å². The molecular weight excluding hydrogens is 404 g/mol. The van der Waals surface area contributed by atoms with Crippen LogP contribution in [0.15, 0.2) is 46.3 Å². The van der Waals surface area contributed by atoms with Gasteiger partial charge in [-0.25, -0.2) is 4.79 Å². The zero-order valence-corrected chi connectivity index (χ0v) is 17.0. The molecule has 5 rings (SSSR count). The highest BCUT2D eigenvalue weighted by molar-refractivity contribution is 7.13. The lowest BCUT2D eigenvalue weighted by Gasteiger charge is -2.36. The van der Waals surface area contributed by atoms with Gasteiger partial charge in [-0.3, -0.25) is 9.69 Å². The second kappa shape index (κ2) is 8.00. The van der Waals surface area contributed by atoms with Gasteiger partial charge in [0.05, 0.1) is 17.0 Å². The molecule has 9 heteroatoms. The van der Waals surface area contributed by atoms with Crippen LogP contribution in [0.3, 0.4) is 0 Å². The third kappa shape index (κ3) is 3.73. The van der Waals surface area contributed by atoms with Crippen LogP contribution in [-0.4, -0.2) is 64.1 Å². The van der Waals surface area contributed by atoms with E-state index in [1.165, 1.54) is 0 Å². The molecular formula is C21H20N4O4S. The summed E-state index contributed by atoms with van der Waals surface area (Å²) in [5.41, 5.74) is 1.41. The van der Waals surface area contributed by atoms with Gasteiger partial charge in [0.25, 0.3) is 5.91 Å². The highest BCUT2D eigenvalue weighted by atomic mass is 32.1. The first-order chi connectivity index (χ1) is 14.7. The number of thiophene rings is 1. The Morgan fingerprint density at radius 2 is 1.97 bits per heavy atom. The van der Waals surface area contributed by atoms with E-state index in [-0.39, 0.29) is 5.91 Å². The molecule has 0 spiro atoms. The Balaban J connectivity index is 1.16. The highest BCUT2D eigenvalue weighted by Crippen LogP contribution is 2.23. The molecule has 4 heterocycles. The van der Waals surface area contributed by atoms with Gasteiger partial charge < -0.3 is 14.2 Å². The van der Waals surface area contributed by atoms with Crippen LogP contribution in [0.1, 0.15) is 21.8 Å². The van der Waals surface area contributed by atoms with E-state index in [1.807, 2.05) is 29.6 Å². The van der Waals surface area contributed by atoms with Gasteiger partial charge in [-0.2, -0.15) is 4.98 Å². The van der Waals surface area contributed by atoms with Crippen molar-refractivity contribution in [2.75, 3.05) is 26.2 Å². The number of esters is 1. The van der Waals surface area contributed by atoms with E-state index in [9.17, 15) is 9.59 Å². The Kier molecular flexibility index (Phi) is 5.06. The molecule has 1 unspecified atom stereocenters. The summed E-state index contributed by atoms with van der Waals surface area (Å²) in [6.07, 6.45) is -0.322. The van der Waals surface area contributed by atoms with Crippen molar-refractivity contribution < 1.29 is 18.8 Å². The van der Waals surface area contributed by atoms with Crippen molar-refractivity contribution in [3.63, 3.8) is 0 Å². The van der Waals surface area contributed by atoms with Gasteiger partial charge in [-0.05, 0) is 23.1 Å². The van der Waals surface area contributed by atoms with Crippen LogP contribution < -0.4 is 0 Å². The molecule has 2 aliphatic rings. The smallest absolute Gasteiger partial charge is 0.339 e. The minimum atomic E-state index is -0.747. The number of amides is 1.